The van der Waals surface area contributed by atoms with Crippen molar-refractivity contribution in [3.63, 3.8) is 0 Å². The highest BCUT2D eigenvalue weighted by Crippen LogP contribution is 2.13. The first-order valence-electron chi connectivity index (χ1n) is 16.1. The molecular formula is C32H50N8O10. The molecule has 18 heteroatoms. The Morgan fingerprint density at radius 1 is 0.680 bits per heavy atom. The van der Waals surface area contributed by atoms with Gasteiger partial charge in [0.25, 0.3) is 0 Å². The van der Waals surface area contributed by atoms with Crippen LogP contribution in [0.3, 0.4) is 0 Å². The van der Waals surface area contributed by atoms with Crippen LogP contribution in [0.25, 0.3) is 0 Å². The molecule has 12 N–H and O–H groups in total. The highest BCUT2D eigenvalue weighted by molar-refractivity contribution is 5.97. The molecule has 0 aromatic heterocycles. The van der Waals surface area contributed by atoms with Gasteiger partial charge in [0.1, 0.15) is 42.0 Å². The molecule has 0 aliphatic rings. The summed E-state index contributed by atoms with van der Waals surface area (Å²) in [6.45, 7) is 7.38. The Labute approximate surface area is 290 Å². The summed E-state index contributed by atoms with van der Waals surface area (Å²) in [6, 6.07) is -1.79. The molecule has 50 heavy (non-hydrogen) atoms. The second-order valence-corrected chi connectivity index (χ2v) is 12.2. The molecule has 0 aliphatic carbocycles. The van der Waals surface area contributed by atoms with E-state index in [9.17, 15) is 48.6 Å². The molecule has 6 atom stereocenters. The number of nitrogens with two attached hydrogens (primary N) is 2. The maximum absolute atomic E-state index is 13.7. The molecule has 1 rings (SSSR count). The summed E-state index contributed by atoms with van der Waals surface area (Å²) in [5.41, 5.74) is 11.4. The SMILES string of the molecule is CC(=O)N[C@@H](C)C(=O)N[C@@H](CC(=O)O)C(=O)N[C@H](C(=O)N[C@@H](Cc1ccc(O)cc1)C(=O)N[C@@H](CCCCN)C(=O)N[C@@H](C)C(N)=O)C(C)C. The van der Waals surface area contributed by atoms with E-state index < -0.39 is 95.9 Å². The van der Waals surface area contributed by atoms with Crippen LogP contribution in [-0.4, -0.2) is 100 Å². The highest BCUT2D eigenvalue weighted by Gasteiger charge is 2.34. The summed E-state index contributed by atoms with van der Waals surface area (Å²) in [5, 5.41) is 33.8. The van der Waals surface area contributed by atoms with Crippen molar-refractivity contribution in [3.8, 4) is 5.75 Å². The predicted molar refractivity (Wildman–Crippen MR) is 180 cm³/mol. The molecule has 0 spiro atoms. The number of phenolic OH excluding ortho intramolecular Hbond substituents is 1. The maximum Gasteiger partial charge on any atom is 0.305 e. The Morgan fingerprint density at radius 2 is 1.22 bits per heavy atom. The molecule has 0 aliphatic heterocycles. The lowest BCUT2D eigenvalue weighted by atomic mass is 9.99. The van der Waals surface area contributed by atoms with Gasteiger partial charge in [-0.15, -0.1) is 0 Å². The van der Waals surface area contributed by atoms with Crippen molar-refractivity contribution >= 4 is 47.3 Å². The number of carbonyl (C=O) groups excluding carboxylic acids is 7. The Kier molecular flexibility index (Phi) is 17.9. The summed E-state index contributed by atoms with van der Waals surface area (Å²) in [7, 11) is 0. The first-order valence-corrected chi connectivity index (χ1v) is 16.1. The zero-order valence-electron chi connectivity index (χ0n) is 28.9. The Balaban J connectivity index is 3.34. The molecule has 0 fully saturated rings. The number of benzene rings is 1. The number of aromatic hydroxyl groups is 1. The van der Waals surface area contributed by atoms with E-state index in [-0.39, 0.29) is 18.6 Å². The van der Waals surface area contributed by atoms with Crippen LogP contribution in [-0.2, 0) is 44.8 Å². The van der Waals surface area contributed by atoms with Crippen molar-refractivity contribution in [1.82, 2.24) is 31.9 Å². The van der Waals surface area contributed by atoms with Gasteiger partial charge in [0, 0.05) is 13.3 Å². The minimum absolute atomic E-state index is 0.0453. The first-order chi connectivity index (χ1) is 23.4. The number of primary amides is 1. The summed E-state index contributed by atoms with van der Waals surface area (Å²) < 4.78 is 0. The summed E-state index contributed by atoms with van der Waals surface area (Å²) in [6.07, 6.45) is 0.148. The van der Waals surface area contributed by atoms with Crippen LogP contribution in [0.15, 0.2) is 24.3 Å². The number of carboxylic acid groups (broad SMARTS) is 1. The Bertz CT molecular complexity index is 1370. The van der Waals surface area contributed by atoms with Gasteiger partial charge < -0.3 is 53.6 Å². The molecule has 18 nitrogen and oxygen atoms in total. The number of aliphatic carboxylic acids is 1. The number of amides is 7. The van der Waals surface area contributed by atoms with E-state index >= 15 is 0 Å². The molecule has 7 amide bonds. The molecule has 0 saturated heterocycles. The van der Waals surface area contributed by atoms with Gasteiger partial charge in [-0.2, -0.15) is 0 Å². The van der Waals surface area contributed by atoms with Crippen LogP contribution in [0.5, 0.6) is 5.75 Å². The number of rotatable bonds is 21. The monoisotopic (exact) mass is 706 g/mol. The van der Waals surface area contributed by atoms with Gasteiger partial charge in [-0.1, -0.05) is 26.0 Å². The van der Waals surface area contributed by atoms with Gasteiger partial charge >= 0.3 is 5.97 Å². The third kappa shape index (κ3) is 15.3. The van der Waals surface area contributed by atoms with E-state index in [1.54, 1.807) is 13.8 Å². The van der Waals surface area contributed by atoms with E-state index in [1.165, 1.54) is 45.0 Å². The third-order valence-electron chi connectivity index (χ3n) is 7.45. The number of nitrogens with one attached hydrogen (secondary N) is 6. The van der Waals surface area contributed by atoms with Crippen LogP contribution >= 0.6 is 0 Å². The average molecular weight is 707 g/mol. The second kappa shape index (κ2) is 21.0. The minimum atomic E-state index is -1.63. The zero-order chi connectivity index (χ0) is 38.1. The minimum Gasteiger partial charge on any atom is -0.508 e. The Hall–Kier alpha value is -5.26. The molecule has 0 saturated carbocycles. The van der Waals surface area contributed by atoms with E-state index in [4.69, 9.17) is 11.5 Å². The van der Waals surface area contributed by atoms with Crippen molar-refractivity contribution in [2.75, 3.05) is 6.54 Å². The molecule has 1 aromatic carbocycles. The van der Waals surface area contributed by atoms with Crippen LogP contribution in [0.4, 0.5) is 0 Å². The van der Waals surface area contributed by atoms with Crippen molar-refractivity contribution in [3.05, 3.63) is 29.8 Å². The van der Waals surface area contributed by atoms with Gasteiger partial charge in [0.15, 0.2) is 0 Å². The van der Waals surface area contributed by atoms with E-state index in [0.29, 0.717) is 24.9 Å². The molecule has 0 heterocycles. The summed E-state index contributed by atoms with van der Waals surface area (Å²) in [4.78, 5) is 101. The largest absolute Gasteiger partial charge is 0.508 e. The normalized spacial score (nSPS) is 14.5. The number of phenols is 1. The lowest BCUT2D eigenvalue weighted by Crippen LogP contribution is -2.60. The van der Waals surface area contributed by atoms with Gasteiger partial charge in [0.2, 0.25) is 41.4 Å². The van der Waals surface area contributed by atoms with Crippen LogP contribution in [0.2, 0.25) is 0 Å². The third-order valence-corrected chi connectivity index (χ3v) is 7.45. The topological polar surface area (TPSA) is 301 Å². The molecule has 1 aromatic rings. The number of hydrogen-bond acceptors (Lipinski definition) is 10. The zero-order valence-corrected chi connectivity index (χ0v) is 28.9. The van der Waals surface area contributed by atoms with Crippen molar-refractivity contribution in [2.45, 2.75) is 103 Å². The van der Waals surface area contributed by atoms with Crippen molar-refractivity contribution < 1.29 is 48.6 Å². The number of carboxylic acids is 1. The number of hydrogen-bond donors (Lipinski definition) is 10. The van der Waals surface area contributed by atoms with Crippen molar-refractivity contribution in [2.24, 2.45) is 17.4 Å². The molecular weight excluding hydrogens is 656 g/mol. The fourth-order valence-corrected chi connectivity index (χ4v) is 4.60. The van der Waals surface area contributed by atoms with Gasteiger partial charge in [-0.05, 0) is 63.3 Å². The lowest BCUT2D eigenvalue weighted by Gasteiger charge is -2.28. The fourth-order valence-electron chi connectivity index (χ4n) is 4.60. The van der Waals surface area contributed by atoms with Crippen LogP contribution in [0, 0.1) is 5.92 Å². The van der Waals surface area contributed by atoms with Crippen LogP contribution < -0.4 is 43.4 Å². The number of unbranched alkanes of at least 4 members (excludes halogenated alkanes) is 1. The lowest BCUT2D eigenvalue weighted by molar-refractivity contribution is -0.141. The van der Waals surface area contributed by atoms with E-state index in [0.717, 1.165) is 0 Å². The van der Waals surface area contributed by atoms with E-state index in [2.05, 4.69) is 31.9 Å². The van der Waals surface area contributed by atoms with Gasteiger partial charge in [-0.25, -0.2) is 0 Å². The van der Waals surface area contributed by atoms with Gasteiger partial charge in [-0.3, -0.25) is 38.4 Å². The molecule has 0 radical (unpaired) electrons. The maximum atomic E-state index is 13.7. The molecule has 0 bridgehead atoms. The van der Waals surface area contributed by atoms with E-state index in [1.807, 2.05) is 0 Å². The van der Waals surface area contributed by atoms with Gasteiger partial charge in [0.05, 0.1) is 6.42 Å². The predicted octanol–water partition coefficient (Wildman–Crippen LogP) is -2.35. The highest BCUT2D eigenvalue weighted by atomic mass is 16.4. The molecule has 0 unspecified atom stereocenters. The quantitative estimate of drug-likeness (QED) is 0.0604. The standard InChI is InChI=1S/C32H50N8O10/c1-16(2)26(40-31(49)24(15-25(43)44)38-28(46)18(4)35-19(5)41)32(50)39-23(14-20-9-11-21(42)12-10-20)30(48)37-22(8-6-7-13-33)29(47)36-17(3)27(34)45/h9-12,16-18,22-24,26,42H,6-8,13-15,33H2,1-5H3,(H2,34,45)(H,35,41)(H,36,47)(H,37,48)(H,38,46)(H,39,50)(H,40,49)(H,43,44)/t17-,18-,22-,23-,24-,26-/m0/s1. The fraction of sp³-hybridized carbons (Fsp3) is 0.562. The summed E-state index contributed by atoms with van der Waals surface area (Å²) >= 11 is 0. The first kappa shape index (κ1) is 42.8. The Morgan fingerprint density at radius 3 is 1.74 bits per heavy atom. The summed E-state index contributed by atoms with van der Waals surface area (Å²) in [5.74, 6) is -7.58. The van der Waals surface area contributed by atoms with Crippen molar-refractivity contribution in [1.29, 1.82) is 0 Å². The second-order valence-electron chi connectivity index (χ2n) is 12.2. The van der Waals surface area contributed by atoms with Crippen LogP contribution in [0.1, 0.15) is 65.9 Å². The average Bonchev–Trinajstić information content (AvgIpc) is 3.02. The number of carbonyl (C=O) groups is 8. The molecule has 278 valence electrons. The smallest absolute Gasteiger partial charge is 0.305 e.